The smallest absolute Gasteiger partial charge is 0.123 e. The van der Waals surface area contributed by atoms with E-state index in [4.69, 9.17) is 4.74 Å². The van der Waals surface area contributed by atoms with Crippen LogP contribution in [-0.2, 0) is 6.54 Å². The number of benzene rings is 1. The Hall–Kier alpha value is -1.22. The zero-order valence-electron chi connectivity index (χ0n) is 10.4. The second kappa shape index (κ2) is 5.92. The first-order chi connectivity index (χ1) is 8.29. The maximum atomic E-state index is 9.79. The zero-order valence-corrected chi connectivity index (χ0v) is 10.4. The molecule has 1 aromatic rings. The summed E-state index contributed by atoms with van der Waals surface area (Å²) in [4.78, 5) is 0. The van der Waals surface area contributed by atoms with Gasteiger partial charge in [0, 0.05) is 18.2 Å². The fourth-order valence-electron chi connectivity index (χ4n) is 2.45. The Morgan fingerprint density at radius 2 is 2.12 bits per heavy atom. The van der Waals surface area contributed by atoms with Crippen molar-refractivity contribution >= 4 is 0 Å². The molecule has 3 nitrogen and oxygen atoms in total. The fraction of sp³-hybridized carbons (Fsp3) is 0.571. The molecule has 2 rings (SSSR count). The molecule has 0 aromatic heterocycles. The SMILES string of the molecule is COc1ccc(CNCC2CCCC2)c(O)c1. The van der Waals surface area contributed by atoms with Crippen molar-refractivity contribution in [3.63, 3.8) is 0 Å². The van der Waals surface area contributed by atoms with Crippen molar-refractivity contribution in [2.45, 2.75) is 32.2 Å². The summed E-state index contributed by atoms with van der Waals surface area (Å²) in [6, 6.07) is 5.45. The number of phenolic OH excluding ortho intramolecular Hbond substituents is 1. The molecule has 17 heavy (non-hydrogen) atoms. The normalized spacial score (nSPS) is 16.3. The molecule has 1 aromatic carbocycles. The highest BCUT2D eigenvalue weighted by Crippen LogP contribution is 2.25. The van der Waals surface area contributed by atoms with Gasteiger partial charge in [-0.15, -0.1) is 0 Å². The highest BCUT2D eigenvalue weighted by molar-refractivity contribution is 5.39. The maximum absolute atomic E-state index is 9.79. The van der Waals surface area contributed by atoms with Crippen LogP contribution in [0.25, 0.3) is 0 Å². The van der Waals surface area contributed by atoms with E-state index < -0.39 is 0 Å². The molecule has 0 unspecified atom stereocenters. The number of methoxy groups -OCH3 is 1. The quantitative estimate of drug-likeness (QED) is 0.824. The summed E-state index contributed by atoms with van der Waals surface area (Å²) >= 11 is 0. The van der Waals surface area contributed by atoms with E-state index in [1.54, 1.807) is 13.2 Å². The second-order valence-electron chi connectivity index (χ2n) is 4.78. The van der Waals surface area contributed by atoms with Crippen molar-refractivity contribution < 1.29 is 9.84 Å². The van der Waals surface area contributed by atoms with Gasteiger partial charge in [0.1, 0.15) is 11.5 Å². The lowest BCUT2D eigenvalue weighted by atomic mass is 10.1. The van der Waals surface area contributed by atoms with Gasteiger partial charge in [-0.2, -0.15) is 0 Å². The number of rotatable bonds is 5. The third kappa shape index (κ3) is 3.37. The summed E-state index contributed by atoms with van der Waals surface area (Å²) in [5.41, 5.74) is 0.934. The standard InChI is InChI=1S/C14H21NO2/c1-17-13-7-6-12(14(16)8-13)10-15-9-11-4-2-3-5-11/h6-8,11,15-16H,2-5,9-10H2,1H3. The second-order valence-corrected chi connectivity index (χ2v) is 4.78. The van der Waals surface area contributed by atoms with Gasteiger partial charge in [-0.05, 0) is 31.4 Å². The van der Waals surface area contributed by atoms with E-state index in [-0.39, 0.29) is 0 Å². The molecule has 0 amide bonds. The van der Waals surface area contributed by atoms with Gasteiger partial charge in [0.05, 0.1) is 7.11 Å². The Balaban J connectivity index is 1.81. The lowest BCUT2D eigenvalue weighted by Crippen LogP contribution is -2.20. The Bertz CT molecular complexity index is 359. The van der Waals surface area contributed by atoms with Crippen LogP contribution < -0.4 is 10.1 Å². The number of hydrogen-bond acceptors (Lipinski definition) is 3. The van der Waals surface area contributed by atoms with E-state index in [1.165, 1.54) is 25.7 Å². The minimum Gasteiger partial charge on any atom is -0.507 e. The topological polar surface area (TPSA) is 41.5 Å². The van der Waals surface area contributed by atoms with Gasteiger partial charge in [-0.3, -0.25) is 0 Å². The molecule has 0 atom stereocenters. The van der Waals surface area contributed by atoms with Crippen LogP contribution in [0.5, 0.6) is 11.5 Å². The largest absolute Gasteiger partial charge is 0.507 e. The minimum absolute atomic E-state index is 0.309. The lowest BCUT2D eigenvalue weighted by molar-refractivity contribution is 0.405. The average molecular weight is 235 g/mol. The Kier molecular flexibility index (Phi) is 4.26. The van der Waals surface area contributed by atoms with E-state index in [9.17, 15) is 5.11 Å². The number of hydrogen-bond donors (Lipinski definition) is 2. The average Bonchev–Trinajstić information content (AvgIpc) is 2.84. The fourth-order valence-corrected chi connectivity index (χ4v) is 2.45. The summed E-state index contributed by atoms with van der Waals surface area (Å²) in [6.45, 7) is 1.79. The van der Waals surface area contributed by atoms with Gasteiger partial charge in [0.2, 0.25) is 0 Å². The Morgan fingerprint density at radius 3 is 2.76 bits per heavy atom. The zero-order chi connectivity index (χ0) is 12.1. The molecule has 0 spiro atoms. The van der Waals surface area contributed by atoms with E-state index in [2.05, 4.69) is 5.32 Å². The third-order valence-electron chi connectivity index (χ3n) is 3.52. The van der Waals surface area contributed by atoms with Crippen molar-refractivity contribution in [1.82, 2.24) is 5.32 Å². The van der Waals surface area contributed by atoms with E-state index in [0.717, 1.165) is 24.6 Å². The van der Waals surface area contributed by atoms with Gasteiger partial charge in [0.15, 0.2) is 0 Å². The van der Waals surface area contributed by atoms with Crippen molar-refractivity contribution in [3.05, 3.63) is 23.8 Å². The molecule has 0 saturated heterocycles. The molecule has 0 radical (unpaired) electrons. The number of nitrogens with one attached hydrogen (secondary N) is 1. The molecule has 0 bridgehead atoms. The number of ether oxygens (including phenoxy) is 1. The molecule has 1 saturated carbocycles. The Labute approximate surface area is 103 Å². The van der Waals surface area contributed by atoms with Crippen LogP contribution in [-0.4, -0.2) is 18.8 Å². The van der Waals surface area contributed by atoms with Crippen LogP contribution in [0.4, 0.5) is 0 Å². The van der Waals surface area contributed by atoms with Crippen LogP contribution in [0, 0.1) is 5.92 Å². The van der Waals surface area contributed by atoms with Crippen molar-refractivity contribution in [2.24, 2.45) is 5.92 Å². The molecule has 94 valence electrons. The molecule has 2 N–H and O–H groups in total. The van der Waals surface area contributed by atoms with E-state index in [0.29, 0.717) is 11.5 Å². The highest BCUT2D eigenvalue weighted by atomic mass is 16.5. The summed E-state index contributed by atoms with van der Waals surface area (Å²) in [5, 5.41) is 13.2. The summed E-state index contributed by atoms with van der Waals surface area (Å²) in [6.07, 6.45) is 5.45. The monoisotopic (exact) mass is 235 g/mol. The third-order valence-corrected chi connectivity index (χ3v) is 3.52. The molecule has 0 aliphatic heterocycles. The van der Waals surface area contributed by atoms with E-state index >= 15 is 0 Å². The summed E-state index contributed by atoms with van der Waals surface area (Å²) in [7, 11) is 1.60. The van der Waals surface area contributed by atoms with Gasteiger partial charge in [-0.25, -0.2) is 0 Å². The van der Waals surface area contributed by atoms with Crippen molar-refractivity contribution in [1.29, 1.82) is 0 Å². The molecule has 0 heterocycles. The number of phenols is 1. The predicted molar refractivity (Wildman–Crippen MR) is 68.3 cm³/mol. The van der Waals surface area contributed by atoms with Crippen LogP contribution in [0.15, 0.2) is 18.2 Å². The maximum Gasteiger partial charge on any atom is 0.123 e. The first-order valence-corrected chi connectivity index (χ1v) is 6.36. The van der Waals surface area contributed by atoms with E-state index in [1.807, 2.05) is 12.1 Å². The molecule has 1 aliphatic carbocycles. The molecule has 1 aliphatic rings. The van der Waals surface area contributed by atoms with Gasteiger partial charge >= 0.3 is 0 Å². The van der Waals surface area contributed by atoms with Gasteiger partial charge in [0.25, 0.3) is 0 Å². The highest BCUT2D eigenvalue weighted by Gasteiger charge is 2.14. The molecule has 3 heteroatoms. The van der Waals surface area contributed by atoms with Crippen LogP contribution in [0.1, 0.15) is 31.2 Å². The van der Waals surface area contributed by atoms with Crippen LogP contribution >= 0.6 is 0 Å². The van der Waals surface area contributed by atoms with Crippen LogP contribution in [0.3, 0.4) is 0 Å². The molecular formula is C14H21NO2. The first-order valence-electron chi connectivity index (χ1n) is 6.36. The summed E-state index contributed by atoms with van der Waals surface area (Å²) < 4.78 is 5.06. The van der Waals surface area contributed by atoms with Crippen molar-refractivity contribution in [2.75, 3.05) is 13.7 Å². The molecule has 1 fully saturated rings. The van der Waals surface area contributed by atoms with Crippen LogP contribution in [0.2, 0.25) is 0 Å². The van der Waals surface area contributed by atoms with Gasteiger partial charge < -0.3 is 15.2 Å². The minimum atomic E-state index is 0.309. The molecular weight excluding hydrogens is 214 g/mol. The van der Waals surface area contributed by atoms with Gasteiger partial charge in [-0.1, -0.05) is 18.9 Å². The van der Waals surface area contributed by atoms with Crippen molar-refractivity contribution in [3.8, 4) is 11.5 Å². The predicted octanol–water partition coefficient (Wildman–Crippen LogP) is 2.68. The number of aromatic hydroxyl groups is 1. The first kappa shape index (κ1) is 12.2. The Morgan fingerprint density at radius 1 is 1.35 bits per heavy atom. The lowest BCUT2D eigenvalue weighted by Gasteiger charge is -2.11. The summed E-state index contributed by atoms with van der Waals surface area (Å²) in [5.74, 6) is 1.83.